The largest absolute Gasteiger partial charge is 0.494 e. The Kier molecular flexibility index (Phi) is 5.48. The Morgan fingerprint density at radius 2 is 1.94 bits per heavy atom. The fourth-order valence-corrected chi connectivity index (χ4v) is 1.80. The molecule has 3 nitrogen and oxygen atoms in total. The molecule has 0 aliphatic heterocycles. The van der Waals surface area contributed by atoms with E-state index in [0.717, 1.165) is 28.3 Å². The lowest BCUT2D eigenvalue weighted by molar-refractivity contribution is -0.141. The van der Waals surface area contributed by atoms with Gasteiger partial charge in [-0.05, 0) is 49.9 Å². The summed E-state index contributed by atoms with van der Waals surface area (Å²) in [4.78, 5) is 10.6. The van der Waals surface area contributed by atoms with Crippen LogP contribution in [0, 0.1) is 19.8 Å². The van der Waals surface area contributed by atoms with Gasteiger partial charge < -0.3 is 9.84 Å². The van der Waals surface area contributed by atoms with Crippen LogP contribution < -0.4 is 4.74 Å². The number of benzene rings is 1. The second-order valence-electron chi connectivity index (χ2n) is 4.60. The molecule has 0 radical (unpaired) electrons. The highest BCUT2D eigenvalue weighted by atomic mass is 35.5. The van der Waals surface area contributed by atoms with E-state index < -0.39 is 5.97 Å². The quantitative estimate of drug-likeness (QED) is 0.799. The van der Waals surface area contributed by atoms with Gasteiger partial charge in [0.1, 0.15) is 5.75 Å². The first-order valence-corrected chi connectivity index (χ1v) is 6.42. The molecule has 0 saturated carbocycles. The third-order valence-corrected chi connectivity index (χ3v) is 3.48. The number of rotatable bonds is 6. The second kappa shape index (κ2) is 6.64. The molecule has 0 bridgehead atoms. The maximum atomic E-state index is 10.6. The number of carbonyl (C=O) groups is 1. The van der Waals surface area contributed by atoms with Gasteiger partial charge in [0.2, 0.25) is 0 Å². The van der Waals surface area contributed by atoms with Gasteiger partial charge in [0.05, 0.1) is 12.5 Å². The Morgan fingerprint density at radius 1 is 1.39 bits per heavy atom. The van der Waals surface area contributed by atoms with Crippen LogP contribution in [0.5, 0.6) is 5.75 Å². The van der Waals surface area contributed by atoms with Gasteiger partial charge in [-0.15, -0.1) is 0 Å². The molecule has 1 atom stereocenters. The van der Waals surface area contributed by atoms with Gasteiger partial charge in [-0.25, -0.2) is 0 Å². The molecule has 0 heterocycles. The van der Waals surface area contributed by atoms with E-state index in [9.17, 15) is 4.79 Å². The molecular formula is C14H19ClO3. The summed E-state index contributed by atoms with van der Waals surface area (Å²) in [5.74, 6) is -0.284. The molecule has 0 fully saturated rings. The molecule has 4 heteroatoms. The van der Waals surface area contributed by atoms with Crippen LogP contribution in [0.3, 0.4) is 0 Å². The van der Waals surface area contributed by atoms with Crippen molar-refractivity contribution in [3.05, 3.63) is 28.3 Å². The molecule has 0 saturated heterocycles. The van der Waals surface area contributed by atoms with Crippen molar-refractivity contribution in [1.82, 2.24) is 0 Å². The molecule has 1 unspecified atom stereocenters. The van der Waals surface area contributed by atoms with E-state index >= 15 is 0 Å². The Labute approximate surface area is 113 Å². The number of aliphatic carboxylic acids is 1. The minimum Gasteiger partial charge on any atom is -0.494 e. The van der Waals surface area contributed by atoms with Crippen molar-refractivity contribution in [2.45, 2.75) is 33.6 Å². The fraction of sp³-hybridized carbons (Fsp3) is 0.500. The molecule has 0 aromatic heterocycles. The summed E-state index contributed by atoms with van der Waals surface area (Å²) < 4.78 is 5.60. The van der Waals surface area contributed by atoms with Crippen molar-refractivity contribution >= 4 is 17.6 Å². The highest BCUT2D eigenvalue weighted by Crippen LogP contribution is 2.26. The van der Waals surface area contributed by atoms with E-state index in [1.807, 2.05) is 26.0 Å². The number of carboxylic acids is 1. The van der Waals surface area contributed by atoms with Crippen molar-refractivity contribution in [2.75, 3.05) is 6.61 Å². The molecule has 0 aliphatic rings. The van der Waals surface area contributed by atoms with Crippen LogP contribution in [-0.4, -0.2) is 17.7 Å². The van der Waals surface area contributed by atoms with Gasteiger partial charge in [-0.2, -0.15) is 0 Å². The third-order valence-electron chi connectivity index (χ3n) is 2.88. The minimum atomic E-state index is -0.756. The van der Waals surface area contributed by atoms with Crippen LogP contribution >= 0.6 is 11.6 Å². The maximum absolute atomic E-state index is 10.6. The molecule has 1 N–H and O–H groups in total. The monoisotopic (exact) mass is 270 g/mol. The summed E-state index contributed by atoms with van der Waals surface area (Å²) in [6.07, 6.45) is 1.36. The average Bonchev–Trinajstić information content (AvgIpc) is 2.31. The summed E-state index contributed by atoms with van der Waals surface area (Å²) in [6.45, 7) is 6.11. The van der Waals surface area contributed by atoms with E-state index in [2.05, 4.69) is 0 Å². The lowest BCUT2D eigenvalue weighted by Gasteiger charge is -2.10. The van der Waals surface area contributed by atoms with Gasteiger partial charge in [0, 0.05) is 5.02 Å². The standard InChI is InChI=1S/C14H19ClO3/c1-9(14(16)17)5-4-6-18-12-7-10(2)13(15)11(3)8-12/h7-9H,4-6H2,1-3H3,(H,16,17). The maximum Gasteiger partial charge on any atom is 0.306 e. The van der Waals surface area contributed by atoms with Gasteiger partial charge in [0.15, 0.2) is 0 Å². The molecular weight excluding hydrogens is 252 g/mol. The van der Waals surface area contributed by atoms with Gasteiger partial charge in [0.25, 0.3) is 0 Å². The van der Waals surface area contributed by atoms with Crippen molar-refractivity contribution in [2.24, 2.45) is 5.92 Å². The van der Waals surface area contributed by atoms with E-state index in [1.54, 1.807) is 6.92 Å². The van der Waals surface area contributed by atoms with E-state index in [0.29, 0.717) is 13.0 Å². The molecule has 1 aromatic carbocycles. The van der Waals surface area contributed by atoms with Crippen LogP contribution in [0.25, 0.3) is 0 Å². The molecule has 1 rings (SSSR count). The van der Waals surface area contributed by atoms with E-state index in [4.69, 9.17) is 21.4 Å². The highest BCUT2D eigenvalue weighted by Gasteiger charge is 2.10. The summed E-state index contributed by atoms with van der Waals surface area (Å²) in [7, 11) is 0. The van der Waals surface area contributed by atoms with Crippen LogP contribution in [0.2, 0.25) is 5.02 Å². The van der Waals surface area contributed by atoms with Crippen molar-refractivity contribution in [3.8, 4) is 5.75 Å². The molecule has 18 heavy (non-hydrogen) atoms. The molecule has 0 amide bonds. The van der Waals surface area contributed by atoms with Crippen molar-refractivity contribution < 1.29 is 14.6 Å². The average molecular weight is 271 g/mol. The number of hydrogen-bond donors (Lipinski definition) is 1. The van der Waals surface area contributed by atoms with Gasteiger partial charge in [-0.3, -0.25) is 4.79 Å². The van der Waals surface area contributed by atoms with E-state index in [-0.39, 0.29) is 5.92 Å². The fourth-order valence-electron chi connectivity index (χ4n) is 1.69. The van der Waals surface area contributed by atoms with Crippen molar-refractivity contribution in [1.29, 1.82) is 0 Å². The Balaban J connectivity index is 2.43. The molecule has 0 aliphatic carbocycles. The predicted octanol–water partition coefficient (Wildman–Crippen LogP) is 3.84. The van der Waals surface area contributed by atoms with E-state index in [1.165, 1.54) is 0 Å². The molecule has 100 valence electrons. The number of hydrogen-bond acceptors (Lipinski definition) is 2. The van der Waals surface area contributed by atoms with Crippen LogP contribution in [0.15, 0.2) is 12.1 Å². The number of carboxylic acid groups (broad SMARTS) is 1. The minimum absolute atomic E-state index is 0.317. The van der Waals surface area contributed by atoms with Crippen molar-refractivity contribution in [3.63, 3.8) is 0 Å². The first kappa shape index (κ1) is 14.8. The smallest absolute Gasteiger partial charge is 0.306 e. The summed E-state index contributed by atoms with van der Waals surface area (Å²) in [6, 6.07) is 3.80. The summed E-state index contributed by atoms with van der Waals surface area (Å²) in [5, 5.41) is 9.51. The zero-order valence-corrected chi connectivity index (χ0v) is 11.8. The Morgan fingerprint density at radius 3 is 2.44 bits per heavy atom. The molecule has 1 aromatic rings. The van der Waals surface area contributed by atoms with Gasteiger partial charge >= 0.3 is 5.97 Å². The SMILES string of the molecule is Cc1cc(OCCCC(C)C(=O)O)cc(C)c1Cl. The lowest BCUT2D eigenvalue weighted by Crippen LogP contribution is -2.10. The Hall–Kier alpha value is -1.22. The van der Waals surface area contributed by atoms with Crippen LogP contribution in [0.1, 0.15) is 30.9 Å². The van der Waals surface area contributed by atoms with Gasteiger partial charge in [-0.1, -0.05) is 18.5 Å². The Bertz CT molecular complexity index is 406. The number of halogens is 1. The first-order valence-electron chi connectivity index (χ1n) is 6.04. The van der Waals surface area contributed by atoms with Crippen LogP contribution in [0.4, 0.5) is 0 Å². The normalized spacial score (nSPS) is 12.2. The highest BCUT2D eigenvalue weighted by molar-refractivity contribution is 6.32. The zero-order valence-electron chi connectivity index (χ0n) is 11.0. The summed E-state index contributed by atoms with van der Waals surface area (Å²) >= 11 is 6.07. The summed E-state index contributed by atoms with van der Waals surface area (Å²) in [5.41, 5.74) is 1.98. The lowest BCUT2D eigenvalue weighted by atomic mass is 10.1. The number of ether oxygens (including phenoxy) is 1. The predicted molar refractivity (Wildman–Crippen MR) is 72.5 cm³/mol. The third kappa shape index (κ3) is 4.22. The molecule has 0 spiro atoms. The second-order valence-corrected chi connectivity index (χ2v) is 4.98. The number of aryl methyl sites for hydroxylation is 2. The van der Waals surface area contributed by atoms with Crippen LogP contribution in [-0.2, 0) is 4.79 Å². The topological polar surface area (TPSA) is 46.5 Å². The zero-order chi connectivity index (χ0) is 13.7. The first-order chi connectivity index (χ1) is 8.41.